The Labute approximate surface area is 118 Å². The molecule has 2 N–H and O–H groups in total. The second-order valence-corrected chi connectivity index (χ2v) is 5.68. The van der Waals surface area contributed by atoms with Gasteiger partial charge in [0.05, 0.1) is 11.3 Å². The van der Waals surface area contributed by atoms with E-state index in [1.165, 1.54) is 12.1 Å². The Kier molecular flexibility index (Phi) is 5.21. The number of hydrogen-bond acceptors (Lipinski definition) is 5. The van der Waals surface area contributed by atoms with E-state index in [1.807, 2.05) is 0 Å². The summed E-state index contributed by atoms with van der Waals surface area (Å²) in [5.41, 5.74) is 6.25. The van der Waals surface area contributed by atoms with Crippen LogP contribution in [0.2, 0.25) is 0 Å². The van der Waals surface area contributed by atoms with Gasteiger partial charge in [-0.15, -0.1) is 0 Å². The van der Waals surface area contributed by atoms with E-state index >= 15 is 0 Å². The summed E-state index contributed by atoms with van der Waals surface area (Å²) in [4.78, 5) is 21.7. The van der Waals surface area contributed by atoms with Crippen LogP contribution in [0.1, 0.15) is 32.8 Å². The van der Waals surface area contributed by atoms with E-state index in [4.69, 9.17) is 10.5 Å². The average molecular weight is 280 g/mol. The van der Waals surface area contributed by atoms with Crippen LogP contribution in [0.25, 0.3) is 0 Å². The predicted molar refractivity (Wildman–Crippen MR) is 75.2 cm³/mol. The van der Waals surface area contributed by atoms with Crippen molar-refractivity contribution in [1.29, 1.82) is 0 Å². The van der Waals surface area contributed by atoms with Gasteiger partial charge in [-0.25, -0.2) is 0 Å². The van der Waals surface area contributed by atoms with Crippen molar-refractivity contribution in [1.82, 2.24) is 0 Å². The quantitative estimate of drug-likeness (QED) is 0.506. The molecule has 1 rings (SSSR count). The van der Waals surface area contributed by atoms with Gasteiger partial charge in [0, 0.05) is 18.2 Å². The van der Waals surface area contributed by atoms with E-state index in [0.29, 0.717) is 6.42 Å². The number of nitro benzene ring substituents is 1. The minimum Gasteiger partial charge on any atom is -0.460 e. The highest BCUT2D eigenvalue weighted by Gasteiger charge is 2.19. The minimum absolute atomic E-state index is 0.0365. The molecule has 110 valence electrons. The number of benzene rings is 1. The highest BCUT2D eigenvalue weighted by molar-refractivity contribution is 5.70. The maximum Gasteiger partial charge on any atom is 0.307 e. The maximum absolute atomic E-state index is 11.6. The molecular formula is C14H20N2O4. The van der Waals surface area contributed by atoms with E-state index < -0.39 is 10.5 Å². The third-order valence-electron chi connectivity index (χ3n) is 2.49. The van der Waals surface area contributed by atoms with Crippen molar-refractivity contribution in [2.45, 2.75) is 45.3 Å². The molecule has 0 aliphatic carbocycles. The number of non-ortho nitro benzene ring substituents is 1. The third-order valence-corrected chi connectivity index (χ3v) is 2.49. The van der Waals surface area contributed by atoms with Gasteiger partial charge < -0.3 is 10.5 Å². The fraction of sp³-hybridized carbons (Fsp3) is 0.500. The number of ether oxygens (including phenoxy) is 1. The van der Waals surface area contributed by atoms with Gasteiger partial charge in [0.1, 0.15) is 5.60 Å². The normalized spacial score (nSPS) is 12.8. The number of nitrogens with two attached hydrogens (primary N) is 1. The molecule has 0 aliphatic rings. The van der Waals surface area contributed by atoms with Crippen LogP contribution in [0.15, 0.2) is 24.3 Å². The lowest BCUT2D eigenvalue weighted by Gasteiger charge is -2.20. The molecule has 0 saturated heterocycles. The van der Waals surface area contributed by atoms with Gasteiger partial charge in [0.2, 0.25) is 0 Å². The van der Waals surface area contributed by atoms with Gasteiger partial charge in [-0.2, -0.15) is 0 Å². The van der Waals surface area contributed by atoms with Crippen LogP contribution in [-0.2, 0) is 16.0 Å². The highest BCUT2D eigenvalue weighted by Crippen LogP contribution is 2.14. The largest absolute Gasteiger partial charge is 0.460 e. The van der Waals surface area contributed by atoms with Crippen molar-refractivity contribution in [2.75, 3.05) is 0 Å². The molecule has 0 radical (unpaired) electrons. The van der Waals surface area contributed by atoms with E-state index in [-0.39, 0.29) is 24.1 Å². The van der Waals surface area contributed by atoms with Crippen LogP contribution in [0.3, 0.4) is 0 Å². The van der Waals surface area contributed by atoms with Gasteiger partial charge in [-0.1, -0.05) is 12.1 Å². The molecular weight excluding hydrogens is 260 g/mol. The first-order chi connectivity index (χ1) is 9.17. The number of nitrogens with zero attached hydrogens (tertiary/aromatic N) is 1. The molecule has 0 spiro atoms. The molecule has 1 atom stereocenters. The van der Waals surface area contributed by atoms with Gasteiger partial charge >= 0.3 is 5.97 Å². The summed E-state index contributed by atoms with van der Waals surface area (Å²) >= 11 is 0. The first kappa shape index (κ1) is 16.1. The average Bonchev–Trinajstić information content (AvgIpc) is 2.26. The summed E-state index contributed by atoms with van der Waals surface area (Å²) < 4.78 is 5.19. The SMILES string of the molecule is CC(C)(C)OC(=O)C[C@@H](N)Cc1ccc([N+](=O)[O-])cc1. The van der Waals surface area contributed by atoms with Crippen molar-refractivity contribution in [3.05, 3.63) is 39.9 Å². The molecule has 20 heavy (non-hydrogen) atoms. The van der Waals surface area contributed by atoms with E-state index in [1.54, 1.807) is 32.9 Å². The first-order valence-electron chi connectivity index (χ1n) is 6.38. The molecule has 0 heterocycles. The molecule has 0 aromatic heterocycles. The number of hydrogen-bond donors (Lipinski definition) is 1. The van der Waals surface area contributed by atoms with Crippen LogP contribution in [0, 0.1) is 10.1 Å². The fourth-order valence-electron chi connectivity index (χ4n) is 1.73. The number of rotatable bonds is 5. The van der Waals surface area contributed by atoms with Gasteiger partial charge in [-0.3, -0.25) is 14.9 Å². The number of carbonyl (C=O) groups is 1. The summed E-state index contributed by atoms with van der Waals surface area (Å²) in [7, 11) is 0. The lowest BCUT2D eigenvalue weighted by molar-refractivity contribution is -0.384. The first-order valence-corrected chi connectivity index (χ1v) is 6.38. The van der Waals surface area contributed by atoms with Crippen LogP contribution < -0.4 is 5.73 Å². The molecule has 6 heteroatoms. The summed E-state index contributed by atoms with van der Waals surface area (Å²) in [5, 5.41) is 10.5. The van der Waals surface area contributed by atoms with E-state index in [2.05, 4.69) is 0 Å². The smallest absolute Gasteiger partial charge is 0.307 e. The summed E-state index contributed by atoms with van der Waals surface area (Å²) in [6, 6.07) is 5.77. The van der Waals surface area contributed by atoms with Crippen LogP contribution in [0.4, 0.5) is 5.69 Å². The molecule has 0 fully saturated rings. The molecule has 0 aliphatic heterocycles. The molecule has 0 amide bonds. The lowest BCUT2D eigenvalue weighted by Crippen LogP contribution is -2.31. The second kappa shape index (κ2) is 6.47. The van der Waals surface area contributed by atoms with Gasteiger partial charge in [-0.05, 0) is 32.8 Å². The zero-order valence-corrected chi connectivity index (χ0v) is 12.0. The summed E-state index contributed by atoms with van der Waals surface area (Å²) in [6.07, 6.45) is 0.589. The Morgan fingerprint density at radius 2 is 1.90 bits per heavy atom. The fourth-order valence-corrected chi connectivity index (χ4v) is 1.73. The van der Waals surface area contributed by atoms with E-state index in [9.17, 15) is 14.9 Å². The molecule has 0 bridgehead atoms. The number of nitro groups is 1. The van der Waals surface area contributed by atoms with Crippen molar-refractivity contribution in [3.8, 4) is 0 Å². The van der Waals surface area contributed by atoms with Crippen molar-refractivity contribution in [2.24, 2.45) is 5.73 Å². The predicted octanol–water partition coefficient (Wildman–Crippen LogP) is 2.20. The zero-order valence-electron chi connectivity index (χ0n) is 12.0. The van der Waals surface area contributed by atoms with Crippen molar-refractivity contribution >= 4 is 11.7 Å². The Bertz CT molecular complexity index is 477. The topological polar surface area (TPSA) is 95.5 Å². The lowest BCUT2D eigenvalue weighted by atomic mass is 10.0. The summed E-state index contributed by atoms with van der Waals surface area (Å²) in [5.74, 6) is -0.341. The zero-order chi connectivity index (χ0) is 15.3. The van der Waals surface area contributed by atoms with Crippen molar-refractivity contribution in [3.63, 3.8) is 0 Å². The Morgan fingerprint density at radius 3 is 2.35 bits per heavy atom. The van der Waals surface area contributed by atoms with Crippen LogP contribution in [0.5, 0.6) is 0 Å². The third kappa shape index (κ3) is 5.79. The summed E-state index contributed by atoms with van der Waals surface area (Å²) in [6.45, 7) is 5.40. The molecule has 0 saturated carbocycles. The molecule has 1 aromatic carbocycles. The molecule has 1 aromatic rings. The van der Waals surface area contributed by atoms with Crippen LogP contribution >= 0.6 is 0 Å². The van der Waals surface area contributed by atoms with E-state index in [0.717, 1.165) is 5.56 Å². The standard InChI is InChI=1S/C14H20N2O4/c1-14(2,3)20-13(17)9-11(15)8-10-4-6-12(7-5-10)16(18)19/h4-7,11H,8-9,15H2,1-3H3/t11-/m0/s1. The highest BCUT2D eigenvalue weighted by atomic mass is 16.6. The number of carbonyl (C=O) groups excluding carboxylic acids is 1. The maximum atomic E-state index is 11.6. The number of esters is 1. The van der Waals surface area contributed by atoms with Gasteiger partial charge in [0.25, 0.3) is 5.69 Å². The van der Waals surface area contributed by atoms with Crippen LogP contribution in [-0.4, -0.2) is 22.5 Å². The Hall–Kier alpha value is -1.95. The second-order valence-electron chi connectivity index (χ2n) is 5.68. The van der Waals surface area contributed by atoms with Gasteiger partial charge in [0.15, 0.2) is 0 Å². The van der Waals surface area contributed by atoms with Crippen molar-refractivity contribution < 1.29 is 14.5 Å². The monoisotopic (exact) mass is 280 g/mol. The minimum atomic E-state index is -0.524. The Morgan fingerprint density at radius 1 is 1.35 bits per heavy atom. The molecule has 0 unspecified atom stereocenters. The Balaban J connectivity index is 2.52. The molecule has 6 nitrogen and oxygen atoms in total.